The monoisotopic (exact) mass is 404 g/mol. The van der Waals surface area contributed by atoms with Crippen molar-refractivity contribution in [1.82, 2.24) is 4.98 Å². The fourth-order valence-electron chi connectivity index (χ4n) is 3.91. The quantitative estimate of drug-likeness (QED) is 0.501. The third-order valence-corrected chi connectivity index (χ3v) is 7.15. The number of benzene rings is 1. The predicted molar refractivity (Wildman–Crippen MR) is 102 cm³/mol. The Balaban J connectivity index is 1.51. The van der Waals surface area contributed by atoms with Gasteiger partial charge in [0.05, 0.1) is 27.8 Å². The van der Waals surface area contributed by atoms with Gasteiger partial charge in [0, 0.05) is 5.69 Å². The maximum atomic E-state index is 12.7. The molecule has 7 nitrogen and oxygen atoms in total. The summed E-state index contributed by atoms with van der Waals surface area (Å²) in [4.78, 5) is 39.4. The molecule has 2 aliphatic carbocycles. The first-order valence-corrected chi connectivity index (χ1v) is 10.2. The molecule has 0 saturated heterocycles. The first-order valence-electron chi connectivity index (χ1n) is 8.39. The number of allylic oxidation sites excluding steroid dienone is 2. The Morgan fingerprint density at radius 2 is 1.93 bits per heavy atom. The van der Waals surface area contributed by atoms with E-state index in [0.717, 1.165) is 22.0 Å². The maximum absolute atomic E-state index is 12.7. The number of fused-ring (bicyclic) bond motifs is 3. The summed E-state index contributed by atoms with van der Waals surface area (Å²) < 4.78 is 1.49. The lowest BCUT2D eigenvalue weighted by molar-refractivity contribution is -0.146. The van der Waals surface area contributed by atoms with E-state index in [1.54, 1.807) is 18.2 Å². The van der Waals surface area contributed by atoms with E-state index >= 15 is 0 Å². The van der Waals surface area contributed by atoms with Gasteiger partial charge in [0.15, 0.2) is 4.34 Å². The second kappa shape index (κ2) is 6.97. The largest absolute Gasteiger partial charge is 0.481 e. The zero-order valence-corrected chi connectivity index (χ0v) is 15.6. The maximum Gasteiger partial charge on any atom is 0.313 e. The van der Waals surface area contributed by atoms with Crippen molar-refractivity contribution in [3.63, 3.8) is 0 Å². The Morgan fingerprint density at radius 3 is 2.63 bits per heavy atom. The molecule has 0 spiro atoms. The number of carbonyl (C=O) groups excluding carboxylic acids is 1. The lowest BCUT2D eigenvalue weighted by Gasteiger charge is -2.23. The third-order valence-electron chi connectivity index (χ3n) is 5.00. The van der Waals surface area contributed by atoms with Crippen molar-refractivity contribution < 1.29 is 24.6 Å². The number of thiazole rings is 1. The molecule has 1 saturated carbocycles. The molecule has 1 aromatic carbocycles. The van der Waals surface area contributed by atoms with E-state index in [-0.39, 0.29) is 23.5 Å². The van der Waals surface area contributed by atoms with Gasteiger partial charge in [-0.05, 0) is 36.5 Å². The Bertz CT molecular complexity index is 970. The van der Waals surface area contributed by atoms with Crippen LogP contribution in [0.25, 0.3) is 10.2 Å². The highest BCUT2D eigenvalue weighted by Crippen LogP contribution is 2.48. The summed E-state index contributed by atoms with van der Waals surface area (Å²) >= 11 is 2.52. The average Bonchev–Trinajstić information content (AvgIpc) is 3.32. The normalized spacial score (nSPS) is 25.8. The standard InChI is InChI=1S/C18H16N2O5S2/c21-13(22)7-26-18-20-11-4-3-10(6-12(11)27-18)19-16(23)14-8-1-2-9(5-8)15(14)17(24)25/h1-4,6,8-9,14-15H,5,7H2,(H,19,23)(H,21,22)(H,24,25)/t8-,9-,14-,15-/m0/s1. The summed E-state index contributed by atoms with van der Waals surface area (Å²) in [6, 6.07) is 5.28. The molecule has 2 bridgehead atoms. The first-order chi connectivity index (χ1) is 12.9. The van der Waals surface area contributed by atoms with Crippen LogP contribution < -0.4 is 5.32 Å². The molecule has 1 aromatic heterocycles. The Labute approximate surface area is 162 Å². The fraction of sp³-hybridized carbons (Fsp3) is 0.333. The average molecular weight is 404 g/mol. The second-order valence-corrected chi connectivity index (χ2v) is 8.93. The number of carboxylic acid groups (broad SMARTS) is 2. The minimum absolute atomic E-state index is 0.0257. The van der Waals surface area contributed by atoms with Crippen molar-refractivity contribution in [3.8, 4) is 0 Å². The van der Waals surface area contributed by atoms with E-state index in [4.69, 9.17) is 5.11 Å². The van der Waals surface area contributed by atoms with Gasteiger partial charge in [0.25, 0.3) is 0 Å². The number of carbonyl (C=O) groups is 3. The molecule has 1 amide bonds. The topological polar surface area (TPSA) is 117 Å². The van der Waals surface area contributed by atoms with Gasteiger partial charge in [-0.25, -0.2) is 4.98 Å². The summed E-state index contributed by atoms with van der Waals surface area (Å²) in [7, 11) is 0. The van der Waals surface area contributed by atoms with Crippen molar-refractivity contribution in [2.24, 2.45) is 23.7 Å². The number of hydrogen-bond donors (Lipinski definition) is 3. The second-order valence-electron chi connectivity index (χ2n) is 6.67. The zero-order valence-electron chi connectivity index (χ0n) is 14.0. The Hall–Kier alpha value is -2.39. The van der Waals surface area contributed by atoms with E-state index in [1.165, 1.54) is 11.3 Å². The number of aliphatic carboxylic acids is 2. The van der Waals surface area contributed by atoms with Gasteiger partial charge in [0.1, 0.15) is 0 Å². The number of anilines is 1. The number of thioether (sulfide) groups is 1. The van der Waals surface area contributed by atoms with E-state index in [2.05, 4.69) is 10.3 Å². The molecule has 0 radical (unpaired) electrons. The highest BCUT2D eigenvalue weighted by Gasteiger charge is 2.51. The molecular formula is C18H16N2O5S2. The molecule has 0 unspecified atom stereocenters. The molecule has 140 valence electrons. The lowest BCUT2D eigenvalue weighted by atomic mass is 9.82. The van der Waals surface area contributed by atoms with Crippen LogP contribution >= 0.6 is 23.1 Å². The number of aromatic nitrogens is 1. The van der Waals surface area contributed by atoms with Crippen LogP contribution in [0.4, 0.5) is 5.69 Å². The SMILES string of the molecule is O=C(O)CSc1nc2ccc(NC(=O)[C@@H]3[C@@H](C(=O)O)[C@H]4C=C[C@H]3C4)cc2s1. The molecule has 2 aliphatic rings. The zero-order chi connectivity index (χ0) is 19.1. The summed E-state index contributed by atoms with van der Waals surface area (Å²) in [6.07, 6.45) is 4.58. The van der Waals surface area contributed by atoms with Crippen molar-refractivity contribution >= 4 is 56.8 Å². The van der Waals surface area contributed by atoms with Crippen LogP contribution in [-0.4, -0.2) is 38.8 Å². The lowest BCUT2D eigenvalue weighted by Crippen LogP contribution is -2.36. The van der Waals surface area contributed by atoms with Gasteiger partial charge in [0.2, 0.25) is 5.91 Å². The van der Waals surface area contributed by atoms with Gasteiger partial charge in [-0.3, -0.25) is 14.4 Å². The van der Waals surface area contributed by atoms with Crippen molar-refractivity contribution in [1.29, 1.82) is 0 Å². The predicted octanol–water partition coefficient (Wildman–Crippen LogP) is 2.93. The minimum atomic E-state index is -0.926. The molecule has 1 fully saturated rings. The number of hydrogen-bond acceptors (Lipinski definition) is 6. The van der Waals surface area contributed by atoms with Gasteiger partial charge in [-0.2, -0.15) is 0 Å². The van der Waals surface area contributed by atoms with Crippen molar-refractivity contribution in [2.45, 2.75) is 10.8 Å². The summed E-state index contributed by atoms with van der Waals surface area (Å²) in [5, 5.41) is 21.1. The van der Waals surface area contributed by atoms with E-state index < -0.39 is 23.8 Å². The summed E-state index contributed by atoms with van der Waals surface area (Å²) in [5.41, 5.74) is 1.32. The van der Waals surface area contributed by atoms with Crippen molar-refractivity contribution in [3.05, 3.63) is 30.4 Å². The number of rotatable bonds is 6. The summed E-state index contributed by atoms with van der Waals surface area (Å²) in [5.74, 6) is -3.49. The molecule has 3 N–H and O–H groups in total. The molecular weight excluding hydrogens is 388 g/mol. The van der Waals surface area contributed by atoms with Gasteiger partial charge in [-0.15, -0.1) is 11.3 Å². The van der Waals surface area contributed by atoms with Crippen LogP contribution in [0.3, 0.4) is 0 Å². The van der Waals surface area contributed by atoms with Gasteiger partial charge in [-0.1, -0.05) is 23.9 Å². The Kier molecular flexibility index (Phi) is 4.65. The highest BCUT2D eigenvalue weighted by atomic mass is 32.2. The molecule has 27 heavy (non-hydrogen) atoms. The molecule has 0 aliphatic heterocycles. The number of carboxylic acids is 2. The van der Waals surface area contributed by atoms with Crippen LogP contribution in [0.1, 0.15) is 6.42 Å². The van der Waals surface area contributed by atoms with E-state index in [0.29, 0.717) is 16.4 Å². The smallest absolute Gasteiger partial charge is 0.313 e. The molecule has 4 rings (SSSR count). The molecule has 1 heterocycles. The van der Waals surface area contributed by atoms with Crippen LogP contribution in [-0.2, 0) is 14.4 Å². The number of amides is 1. The van der Waals surface area contributed by atoms with Crippen LogP contribution in [0.2, 0.25) is 0 Å². The summed E-state index contributed by atoms with van der Waals surface area (Å²) in [6.45, 7) is 0. The minimum Gasteiger partial charge on any atom is -0.481 e. The molecule has 2 aromatic rings. The van der Waals surface area contributed by atoms with Crippen molar-refractivity contribution in [2.75, 3.05) is 11.1 Å². The number of nitrogens with one attached hydrogen (secondary N) is 1. The van der Waals surface area contributed by atoms with Crippen LogP contribution in [0, 0.1) is 23.7 Å². The van der Waals surface area contributed by atoms with E-state index in [1.807, 2.05) is 12.2 Å². The third kappa shape index (κ3) is 3.44. The van der Waals surface area contributed by atoms with Crippen LogP contribution in [0.15, 0.2) is 34.7 Å². The first kappa shape index (κ1) is 18.0. The van der Waals surface area contributed by atoms with Gasteiger partial charge < -0.3 is 15.5 Å². The fourth-order valence-corrected chi connectivity index (χ4v) is 5.74. The highest BCUT2D eigenvalue weighted by molar-refractivity contribution is 8.01. The Morgan fingerprint density at radius 1 is 1.19 bits per heavy atom. The number of nitrogens with zero attached hydrogens (tertiary/aromatic N) is 1. The molecule has 4 atom stereocenters. The van der Waals surface area contributed by atoms with Crippen LogP contribution in [0.5, 0.6) is 0 Å². The van der Waals surface area contributed by atoms with E-state index in [9.17, 15) is 19.5 Å². The van der Waals surface area contributed by atoms with Gasteiger partial charge >= 0.3 is 11.9 Å². The molecule has 9 heteroatoms.